The summed E-state index contributed by atoms with van der Waals surface area (Å²) < 4.78 is 0. The van der Waals surface area contributed by atoms with Crippen LogP contribution in [0.3, 0.4) is 0 Å². The summed E-state index contributed by atoms with van der Waals surface area (Å²) >= 11 is -0.826. The molecule has 0 unspecified atom stereocenters. The Bertz CT molecular complexity index is 1690. The maximum absolute atomic E-state index is 4.93. The van der Waals surface area contributed by atoms with E-state index in [-0.39, 0.29) is 10.8 Å². The van der Waals surface area contributed by atoms with Crippen molar-refractivity contribution >= 4 is 48.1 Å². The number of hydrogen-bond acceptors (Lipinski definition) is 0. The van der Waals surface area contributed by atoms with Crippen molar-refractivity contribution in [3.05, 3.63) is 131 Å². The van der Waals surface area contributed by atoms with Crippen LogP contribution in [0.25, 0.3) is 43.8 Å². The molecule has 2 radical (unpaired) electrons. The van der Waals surface area contributed by atoms with Gasteiger partial charge in [-0.15, -0.1) is 69.1 Å². The van der Waals surface area contributed by atoms with Crippen LogP contribution in [0.2, 0.25) is 12.1 Å². The van der Waals surface area contributed by atoms with Gasteiger partial charge in [0.2, 0.25) is 0 Å². The average molecular weight is 771 g/mol. The second-order valence-corrected chi connectivity index (χ2v) is 20.0. The molecule has 0 aromatic heterocycles. The van der Waals surface area contributed by atoms with E-state index < -0.39 is 20.8 Å². The molecule has 0 heterocycles. The second-order valence-electron chi connectivity index (χ2n) is 14.4. The minimum absolute atomic E-state index is 0.210. The molecule has 0 spiro atoms. The Morgan fingerprint density at radius 2 is 0.896 bits per heavy atom. The molecule has 0 bridgehead atoms. The van der Waals surface area contributed by atoms with Crippen molar-refractivity contribution in [1.29, 1.82) is 0 Å². The Hall–Kier alpha value is -2.22. The zero-order valence-electron chi connectivity index (χ0n) is 30.6. The van der Waals surface area contributed by atoms with Crippen LogP contribution < -0.4 is 0 Å². The molecule has 0 aliphatic heterocycles. The molecule has 0 nitrogen and oxygen atoms in total. The summed E-state index contributed by atoms with van der Waals surface area (Å²) in [5.74, 6) is 0. The van der Waals surface area contributed by atoms with Gasteiger partial charge in [-0.25, -0.2) is 0 Å². The number of aryl methyl sites for hydroxylation is 2. The Balaban J connectivity index is 0.000000214. The Labute approximate surface area is 312 Å². The van der Waals surface area contributed by atoms with Crippen molar-refractivity contribution in [3.8, 4) is 22.3 Å². The van der Waals surface area contributed by atoms with Crippen molar-refractivity contribution < 1.29 is 20.8 Å². The Kier molecular flexibility index (Phi) is 15.7. The quantitative estimate of drug-likeness (QED) is 0.124. The summed E-state index contributed by atoms with van der Waals surface area (Å²) in [7, 11) is 11.1. The summed E-state index contributed by atoms with van der Waals surface area (Å²) in [5, 5.41) is 5.38. The molecule has 0 saturated heterocycles. The third kappa shape index (κ3) is 11.4. The molecule has 0 fully saturated rings. The first-order chi connectivity index (χ1) is 22.7. The molecule has 0 amide bonds. The monoisotopic (exact) mass is 768 g/mol. The third-order valence-corrected chi connectivity index (χ3v) is 9.41. The summed E-state index contributed by atoms with van der Waals surface area (Å²) in [6, 6.07) is 42.9. The average Bonchev–Trinajstić information content (AvgIpc) is 3.62. The van der Waals surface area contributed by atoms with Crippen molar-refractivity contribution in [2.75, 3.05) is 0 Å². The number of fused-ring (bicyclic) bond motifs is 2. The van der Waals surface area contributed by atoms with E-state index in [0.717, 1.165) is 0 Å². The van der Waals surface area contributed by atoms with Gasteiger partial charge in [0.05, 0.1) is 0 Å². The van der Waals surface area contributed by atoms with Crippen LogP contribution in [-0.4, -0.2) is 9.52 Å². The maximum atomic E-state index is 4.93. The van der Waals surface area contributed by atoms with E-state index >= 15 is 0 Å². The van der Waals surface area contributed by atoms with E-state index in [4.69, 9.17) is 17.0 Å². The van der Waals surface area contributed by atoms with Gasteiger partial charge in [-0.3, -0.25) is 0 Å². The molecule has 6 rings (SSSR count). The molecule has 6 aromatic rings. The van der Waals surface area contributed by atoms with Crippen LogP contribution in [0.1, 0.15) is 77.6 Å². The molecule has 0 N–H and O–H groups in total. The van der Waals surface area contributed by atoms with Crippen molar-refractivity contribution in [2.45, 2.75) is 92.2 Å². The van der Waals surface area contributed by atoms with E-state index in [2.05, 4.69) is 178 Å². The van der Waals surface area contributed by atoms with Crippen LogP contribution in [0.5, 0.6) is 0 Å². The molecule has 0 aliphatic rings. The van der Waals surface area contributed by atoms with Gasteiger partial charge >= 0.3 is 37.9 Å². The summed E-state index contributed by atoms with van der Waals surface area (Å²) in [6.45, 7) is 22.3. The van der Waals surface area contributed by atoms with Gasteiger partial charge in [-0.05, 0) is 33.1 Å². The van der Waals surface area contributed by atoms with Crippen molar-refractivity contribution in [2.24, 2.45) is 0 Å². The fourth-order valence-corrected chi connectivity index (χ4v) is 6.32. The minimum atomic E-state index is -0.826. The van der Waals surface area contributed by atoms with Crippen molar-refractivity contribution in [3.63, 3.8) is 0 Å². The van der Waals surface area contributed by atoms with E-state index in [1.54, 1.807) is 0 Å². The van der Waals surface area contributed by atoms with Gasteiger partial charge in [0.25, 0.3) is 0 Å². The molecule has 4 heteroatoms. The Morgan fingerprint density at radius 3 is 1.17 bits per heavy atom. The Morgan fingerprint density at radius 1 is 0.562 bits per heavy atom. The van der Waals surface area contributed by atoms with E-state index in [0.29, 0.717) is 0 Å². The van der Waals surface area contributed by atoms with Gasteiger partial charge in [0, 0.05) is 9.52 Å². The topological polar surface area (TPSA) is 0 Å². The van der Waals surface area contributed by atoms with Gasteiger partial charge in [0.15, 0.2) is 0 Å². The molecule has 48 heavy (non-hydrogen) atoms. The number of benzene rings is 4. The zero-order chi connectivity index (χ0) is 35.5. The predicted molar refractivity (Wildman–Crippen MR) is 215 cm³/mol. The molecule has 0 saturated carbocycles. The van der Waals surface area contributed by atoms with Gasteiger partial charge in [-0.2, -0.15) is 12.1 Å². The van der Waals surface area contributed by atoms with Crippen LogP contribution in [0.4, 0.5) is 0 Å². The fourth-order valence-electron chi connectivity index (χ4n) is 5.82. The van der Waals surface area contributed by atoms with E-state index in [9.17, 15) is 0 Å². The fraction of sp³-hybridized carbons (Fsp3) is 0.318. The summed E-state index contributed by atoms with van der Waals surface area (Å²) in [6.07, 6.45) is 0. The van der Waals surface area contributed by atoms with Crippen molar-refractivity contribution in [1.82, 2.24) is 0 Å². The van der Waals surface area contributed by atoms with Crippen LogP contribution in [-0.2, 0) is 31.7 Å². The first-order valence-corrected chi connectivity index (χ1v) is 24.7. The zero-order valence-corrected chi connectivity index (χ0v) is 35.5. The molecular weight excluding hydrogens is 719 g/mol. The third-order valence-electron chi connectivity index (χ3n) is 8.41. The predicted octanol–water partition coefficient (Wildman–Crippen LogP) is 14.6. The number of rotatable bonds is 4. The van der Waals surface area contributed by atoms with Gasteiger partial charge < -0.3 is 0 Å². The molecule has 0 aliphatic carbocycles. The van der Waals surface area contributed by atoms with Gasteiger partial charge in [-0.1, -0.05) is 153 Å². The molecule has 250 valence electrons. The van der Waals surface area contributed by atoms with E-state index in [1.165, 1.54) is 87.7 Å². The summed E-state index contributed by atoms with van der Waals surface area (Å²) in [4.78, 5) is 0. The van der Waals surface area contributed by atoms with Crippen LogP contribution in [0.15, 0.2) is 109 Å². The molecule has 0 atom stereocenters. The normalized spacial score (nSPS) is 11.1. The first kappa shape index (κ1) is 40.2. The standard InChI is InChI=1S/2C20H21.C4H10Si.2ClH.Zr/c2*1-14-12-16-6-5-7-18(19(16)13-14)15-8-10-17(11-9-15)20(2,3)4;1-3-5-4-2;;;/h2*5-13H,1-4H3;3-4H2,1-2H3;2*1H;/q2*-1;;;;+4/p-2. The SMILES string of the molecule is CC[Si]CC.Cc1cc2c(-c3ccc(C(C)(C)C)cc3)cccc2[cH-]1.Cc1cc2c(-c3ccc(C(C)(C)C)cc3)cccc2[cH-]1.[Cl][Zr+2][Cl]. The first-order valence-electron chi connectivity index (χ1n) is 16.9. The number of hydrogen-bond donors (Lipinski definition) is 0. The van der Waals surface area contributed by atoms with Gasteiger partial charge in [0.1, 0.15) is 0 Å². The van der Waals surface area contributed by atoms with Crippen LogP contribution in [0, 0.1) is 13.8 Å². The van der Waals surface area contributed by atoms with E-state index in [1.807, 2.05) is 0 Å². The second kappa shape index (κ2) is 18.7. The molecular formula is C44H52Cl2SiZr. The van der Waals surface area contributed by atoms with Crippen LogP contribution >= 0.6 is 17.0 Å². The number of halogens is 2. The summed E-state index contributed by atoms with van der Waals surface area (Å²) in [5.41, 5.74) is 11.1. The molecule has 6 aromatic carbocycles.